The summed E-state index contributed by atoms with van der Waals surface area (Å²) in [6.45, 7) is 8.86. The molecule has 1 unspecified atom stereocenters. The number of benzene rings is 1. The summed E-state index contributed by atoms with van der Waals surface area (Å²) in [6.07, 6.45) is 0.462. The van der Waals surface area contributed by atoms with Gasteiger partial charge in [0.2, 0.25) is 5.91 Å². The van der Waals surface area contributed by atoms with Crippen LogP contribution in [0.2, 0.25) is 10.0 Å². The number of carbonyl (C=O) groups is 1. The number of nitrogens with zero attached hydrogens (tertiary/aromatic N) is 1. The van der Waals surface area contributed by atoms with Gasteiger partial charge in [-0.15, -0.1) is 0 Å². The van der Waals surface area contributed by atoms with Crippen LogP contribution >= 0.6 is 23.2 Å². The standard InChI is InChI=1S/C16H24Cl2N2O/c1-11(13-7-6-12(17)10-14(13)18)20(5)15(21)8-9-19-16(2,3)4/h6-7,10-11,19H,8-9H2,1-5H3. The van der Waals surface area contributed by atoms with Crippen LogP contribution in [-0.4, -0.2) is 29.9 Å². The summed E-state index contributed by atoms with van der Waals surface area (Å²) in [5, 5.41) is 4.50. The van der Waals surface area contributed by atoms with Crippen molar-refractivity contribution >= 4 is 29.1 Å². The number of nitrogens with one attached hydrogen (secondary N) is 1. The molecule has 1 amide bonds. The molecule has 1 aromatic carbocycles. The van der Waals surface area contributed by atoms with E-state index in [2.05, 4.69) is 26.1 Å². The molecule has 1 aromatic rings. The summed E-state index contributed by atoms with van der Waals surface area (Å²) < 4.78 is 0. The van der Waals surface area contributed by atoms with Crippen molar-refractivity contribution in [3.8, 4) is 0 Å². The molecule has 21 heavy (non-hydrogen) atoms. The zero-order chi connectivity index (χ0) is 16.2. The van der Waals surface area contributed by atoms with Gasteiger partial charge in [0.25, 0.3) is 0 Å². The first-order chi connectivity index (χ1) is 9.61. The average Bonchev–Trinajstić information content (AvgIpc) is 2.35. The Hall–Kier alpha value is -0.770. The van der Waals surface area contributed by atoms with Gasteiger partial charge < -0.3 is 10.2 Å². The van der Waals surface area contributed by atoms with Gasteiger partial charge in [0.15, 0.2) is 0 Å². The van der Waals surface area contributed by atoms with Gasteiger partial charge >= 0.3 is 0 Å². The molecule has 0 saturated heterocycles. The van der Waals surface area contributed by atoms with Crippen LogP contribution in [0.4, 0.5) is 0 Å². The van der Waals surface area contributed by atoms with Gasteiger partial charge in [0.1, 0.15) is 0 Å². The van der Waals surface area contributed by atoms with Crippen molar-refractivity contribution in [2.45, 2.75) is 45.7 Å². The van der Waals surface area contributed by atoms with Gasteiger partial charge in [0.05, 0.1) is 6.04 Å². The Bertz CT molecular complexity index is 498. The Morgan fingerprint density at radius 2 is 1.95 bits per heavy atom. The lowest BCUT2D eigenvalue weighted by molar-refractivity contribution is -0.131. The van der Waals surface area contributed by atoms with Crippen molar-refractivity contribution in [2.75, 3.05) is 13.6 Å². The molecule has 0 bridgehead atoms. The van der Waals surface area contributed by atoms with Crippen molar-refractivity contribution in [3.05, 3.63) is 33.8 Å². The van der Waals surface area contributed by atoms with Crippen molar-refractivity contribution in [2.24, 2.45) is 0 Å². The number of hydrogen-bond acceptors (Lipinski definition) is 2. The van der Waals surface area contributed by atoms with Gasteiger partial charge in [-0.25, -0.2) is 0 Å². The van der Waals surface area contributed by atoms with E-state index in [9.17, 15) is 4.79 Å². The van der Waals surface area contributed by atoms with Gasteiger partial charge in [-0.05, 0) is 45.4 Å². The summed E-state index contributed by atoms with van der Waals surface area (Å²) in [4.78, 5) is 14.0. The first-order valence-electron chi connectivity index (χ1n) is 7.07. The van der Waals surface area contributed by atoms with E-state index >= 15 is 0 Å². The van der Waals surface area contributed by atoms with E-state index in [1.807, 2.05) is 13.0 Å². The maximum atomic E-state index is 12.2. The molecule has 0 aliphatic carbocycles. The monoisotopic (exact) mass is 330 g/mol. The number of hydrogen-bond donors (Lipinski definition) is 1. The highest BCUT2D eigenvalue weighted by Gasteiger charge is 2.20. The second kappa shape index (κ2) is 7.48. The third-order valence-electron chi connectivity index (χ3n) is 3.38. The van der Waals surface area contributed by atoms with Crippen LogP contribution in [0.3, 0.4) is 0 Å². The zero-order valence-electron chi connectivity index (χ0n) is 13.3. The summed E-state index contributed by atoms with van der Waals surface area (Å²) in [5.74, 6) is 0.0882. The predicted octanol–water partition coefficient (Wildman–Crippen LogP) is 4.29. The largest absolute Gasteiger partial charge is 0.339 e. The molecule has 0 aliphatic rings. The Kier molecular flexibility index (Phi) is 6.51. The second-order valence-electron chi connectivity index (χ2n) is 6.27. The molecule has 0 radical (unpaired) electrons. The fourth-order valence-corrected chi connectivity index (χ4v) is 2.55. The lowest BCUT2D eigenvalue weighted by atomic mass is 10.1. The van der Waals surface area contributed by atoms with E-state index in [1.165, 1.54) is 0 Å². The Morgan fingerprint density at radius 3 is 2.48 bits per heavy atom. The molecular weight excluding hydrogens is 307 g/mol. The second-order valence-corrected chi connectivity index (χ2v) is 7.12. The lowest BCUT2D eigenvalue weighted by Crippen LogP contribution is -2.39. The van der Waals surface area contributed by atoms with Crippen LogP contribution in [0, 0.1) is 0 Å². The third-order valence-corrected chi connectivity index (χ3v) is 3.94. The summed E-state index contributed by atoms with van der Waals surface area (Å²) in [5.41, 5.74) is 0.921. The van der Waals surface area contributed by atoms with E-state index in [1.54, 1.807) is 24.1 Å². The molecule has 1 rings (SSSR count). The number of carbonyl (C=O) groups excluding carboxylic acids is 1. The average molecular weight is 331 g/mol. The molecule has 1 atom stereocenters. The molecule has 0 aromatic heterocycles. The molecular formula is C16H24Cl2N2O. The predicted molar refractivity (Wildman–Crippen MR) is 90.0 cm³/mol. The summed E-state index contributed by atoms with van der Waals surface area (Å²) in [7, 11) is 1.80. The summed E-state index contributed by atoms with van der Waals surface area (Å²) in [6, 6.07) is 5.27. The smallest absolute Gasteiger partial charge is 0.224 e. The highest BCUT2D eigenvalue weighted by Crippen LogP contribution is 2.29. The maximum absolute atomic E-state index is 12.2. The SMILES string of the molecule is CC(c1ccc(Cl)cc1Cl)N(C)C(=O)CCNC(C)(C)C. The van der Waals surface area contributed by atoms with Crippen LogP contribution in [0.1, 0.15) is 45.7 Å². The zero-order valence-corrected chi connectivity index (χ0v) is 14.8. The van der Waals surface area contributed by atoms with Crippen molar-refractivity contribution < 1.29 is 4.79 Å². The summed E-state index contributed by atoms with van der Waals surface area (Å²) >= 11 is 12.1. The highest BCUT2D eigenvalue weighted by atomic mass is 35.5. The van der Waals surface area contributed by atoms with Crippen LogP contribution in [0.25, 0.3) is 0 Å². The first kappa shape index (κ1) is 18.3. The molecule has 0 fully saturated rings. The van der Waals surface area contributed by atoms with E-state index < -0.39 is 0 Å². The minimum absolute atomic E-state index is 0.0178. The Balaban J connectivity index is 2.65. The molecule has 118 valence electrons. The molecule has 0 spiro atoms. The number of halogens is 2. The first-order valence-corrected chi connectivity index (χ1v) is 7.83. The molecule has 0 aliphatic heterocycles. The minimum Gasteiger partial charge on any atom is -0.339 e. The van der Waals surface area contributed by atoms with Crippen LogP contribution in [0.15, 0.2) is 18.2 Å². The molecule has 0 saturated carbocycles. The molecule has 0 heterocycles. The highest BCUT2D eigenvalue weighted by molar-refractivity contribution is 6.35. The van der Waals surface area contributed by atoms with Crippen molar-refractivity contribution in [1.82, 2.24) is 10.2 Å². The molecule has 5 heteroatoms. The van der Waals surface area contributed by atoms with E-state index in [-0.39, 0.29) is 17.5 Å². The maximum Gasteiger partial charge on any atom is 0.224 e. The quantitative estimate of drug-likeness (QED) is 0.873. The van der Waals surface area contributed by atoms with E-state index in [0.717, 1.165) is 5.56 Å². The van der Waals surface area contributed by atoms with Gasteiger partial charge in [0, 0.05) is 35.6 Å². The van der Waals surface area contributed by atoms with E-state index in [0.29, 0.717) is 23.0 Å². The molecule has 1 N–H and O–H groups in total. The fraction of sp³-hybridized carbons (Fsp3) is 0.562. The third kappa shape index (κ3) is 5.85. The van der Waals surface area contributed by atoms with Crippen LogP contribution < -0.4 is 5.32 Å². The lowest BCUT2D eigenvalue weighted by Gasteiger charge is -2.27. The Labute approximate surface area is 137 Å². The van der Waals surface area contributed by atoms with Gasteiger partial charge in [-0.1, -0.05) is 29.3 Å². The number of rotatable bonds is 5. The number of amides is 1. The van der Waals surface area contributed by atoms with Crippen molar-refractivity contribution in [3.63, 3.8) is 0 Å². The Morgan fingerprint density at radius 1 is 1.33 bits per heavy atom. The molecule has 3 nitrogen and oxygen atoms in total. The van der Waals surface area contributed by atoms with Crippen molar-refractivity contribution in [1.29, 1.82) is 0 Å². The normalized spacial score (nSPS) is 13.1. The topological polar surface area (TPSA) is 32.3 Å². The van der Waals surface area contributed by atoms with Crippen LogP contribution in [0.5, 0.6) is 0 Å². The van der Waals surface area contributed by atoms with Gasteiger partial charge in [-0.2, -0.15) is 0 Å². The van der Waals surface area contributed by atoms with Crippen LogP contribution in [-0.2, 0) is 4.79 Å². The van der Waals surface area contributed by atoms with E-state index in [4.69, 9.17) is 23.2 Å². The van der Waals surface area contributed by atoms with Gasteiger partial charge in [-0.3, -0.25) is 4.79 Å². The fourth-order valence-electron chi connectivity index (χ4n) is 1.99. The minimum atomic E-state index is -0.0862.